The fourth-order valence-corrected chi connectivity index (χ4v) is 3.37. The molecule has 0 spiro atoms. The van der Waals surface area contributed by atoms with Crippen LogP contribution in [0.15, 0.2) is 81.7 Å². The second kappa shape index (κ2) is 7.12. The second-order valence-corrected chi connectivity index (χ2v) is 6.65. The van der Waals surface area contributed by atoms with Crippen LogP contribution in [0.1, 0.15) is 0 Å². The van der Waals surface area contributed by atoms with Gasteiger partial charge >= 0.3 is 0 Å². The van der Waals surface area contributed by atoms with Gasteiger partial charge in [-0.05, 0) is 66.8 Å². The molecule has 0 aliphatic carbocycles. The molecule has 0 amide bonds. The van der Waals surface area contributed by atoms with E-state index in [2.05, 4.69) is 26.4 Å². The number of thiocarbonyl (C=S) groups is 1. The number of hydrogen-bond acceptors (Lipinski definition) is 4. The number of nitrogens with one attached hydrogen (secondary N) is 2. The summed E-state index contributed by atoms with van der Waals surface area (Å²) in [5, 5.41) is 5.45. The van der Waals surface area contributed by atoms with Crippen LogP contribution in [0.25, 0.3) is 12.2 Å². The molecule has 0 fully saturated rings. The van der Waals surface area contributed by atoms with Crippen molar-refractivity contribution in [1.82, 2.24) is 10.3 Å². The first-order valence-electron chi connectivity index (χ1n) is 8.09. The maximum absolute atomic E-state index is 5.49. The minimum Gasteiger partial charge on any atom is -0.374 e. The Morgan fingerprint density at radius 1 is 0.808 bits per heavy atom. The molecule has 8 bridgehead atoms. The maximum atomic E-state index is 5.49. The van der Waals surface area contributed by atoms with Gasteiger partial charge < -0.3 is 10.3 Å². The summed E-state index contributed by atoms with van der Waals surface area (Å²) in [4.78, 5) is 13.5. The zero-order valence-electron chi connectivity index (χ0n) is 13.6. The Morgan fingerprint density at radius 2 is 1.46 bits per heavy atom. The van der Waals surface area contributed by atoms with Crippen LogP contribution in [0.3, 0.4) is 0 Å². The maximum Gasteiger partial charge on any atom is 0.0823 e. The molecule has 5 rings (SSSR count). The molecule has 1 unspecified atom stereocenters. The van der Waals surface area contributed by atoms with Gasteiger partial charge in [0.15, 0.2) is 0 Å². The van der Waals surface area contributed by atoms with Crippen molar-refractivity contribution in [3.8, 4) is 0 Å². The molecule has 6 heteroatoms. The van der Waals surface area contributed by atoms with Crippen molar-refractivity contribution in [3.63, 3.8) is 0 Å². The summed E-state index contributed by atoms with van der Waals surface area (Å²) in [5.41, 5.74) is 4.64. The van der Waals surface area contributed by atoms with E-state index in [-0.39, 0.29) is 46.0 Å². The Kier molecular flexibility index (Phi) is 4.84. The minimum absolute atomic E-state index is 0. The van der Waals surface area contributed by atoms with E-state index in [1.807, 2.05) is 60.7 Å². The zero-order valence-corrected chi connectivity index (χ0v) is 16.7. The van der Waals surface area contributed by atoms with Crippen molar-refractivity contribution in [2.24, 2.45) is 9.98 Å². The number of aromatic nitrogens is 1. The summed E-state index contributed by atoms with van der Waals surface area (Å²) >= 11 is 5.49. The predicted octanol–water partition coefficient (Wildman–Crippen LogP) is 1.60. The van der Waals surface area contributed by atoms with Crippen molar-refractivity contribution >= 4 is 40.7 Å². The number of allylic oxidation sites excluding steroid dienone is 5. The Labute approximate surface area is 188 Å². The molecule has 2 N–H and O–H groups in total. The SMILES string of the molecule is S=C1C=C2C=C3C=CC(=N3)C=c3ccc([nH]3)=CC3=NC(=CC1N2)C=C3.[Gd]. The van der Waals surface area contributed by atoms with Gasteiger partial charge in [-0.2, -0.15) is 0 Å². The van der Waals surface area contributed by atoms with Gasteiger partial charge in [0.2, 0.25) is 0 Å². The van der Waals surface area contributed by atoms with E-state index < -0.39 is 0 Å². The van der Waals surface area contributed by atoms with Crippen molar-refractivity contribution in [3.05, 3.63) is 82.5 Å². The molecule has 4 nitrogen and oxygen atoms in total. The Hall–Kier alpha value is -1.73. The van der Waals surface area contributed by atoms with Gasteiger partial charge in [0.25, 0.3) is 0 Å². The number of H-pyrrole nitrogens is 1. The van der Waals surface area contributed by atoms with Crippen LogP contribution in [-0.2, 0) is 0 Å². The third-order valence-electron chi connectivity index (χ3n) is 4.27. The van der Waals surface area contributed by atoms with Crippen LogP contribution in [0, 0.1) is 39.9 Å². The topological polar surface area (TPSA) is 52.5 Å². The summed E-state index contributed by atoms with van der Waals surface area (Å²) < 4.78 is 0. The molecular formula is C20H14GdN4S. The largest absolute Gasteiger partial charge is 0.374 e. The fraction of sp³-hybridized carbons (Fsp3) is 0.0500. The predicted molar refractivity (Wildman–Crippen MR) is 106 cm³/mol. The number of rotatable bonds is 0. The number of hydrogen-bond donors (Lipinski definition) is 2. The van der Waals surface area contributed by atoms with Crippen LogP contribution < -0.4 is 16.0 Å². The monoisotopic (exact) mass is 500 g/mol. The molecule has 0 aromatic carbocycles. The van der Waals surface area contributed by atoms with E-state index in [0.717, 1.165) is 44.1 Å². The average Bonchev–Trinajstić information content (AvgIpc) is 3.33. The van der Waals surface area contributed by atoms with E-state index in [9.17, 15) is 0 Å². The van der Waals surface area contributed by atoms with E-state index in [1.165, 1.54) is 0 Å². The Morgan fingerprint density at radius 3 is 2.19 bits per heavy atom. The third-order valence-corrected chi connectivity index (χ3v) is 4.64. The van der Waals surface area contributed by atoms with Gasteiger partial charge in [-0.25, -0.2) is 9.98 Å². The fourth-order valence-electron chi connectivity index (χ4n) is 3.11. The molecule has 1 atom stereocenters. The molecule has 0 radical (unpaired) electrons. The quantitative estimate of drug-likeness (QED) is 0.533. The normalized spacial score (nSPS) is 22.2. The van der Waals surface area contributed by atoms with Gasteiger partial charge in [-0.1, -0.05) is 12.2 Å². The number of nitrogens with zero attached hydrogens (tertiary/aromatic N) is 2. The molecule has 4 aliphatic heterocycles. The van der Waals surface area contributed by atoms with Gasteiger partial charge in [0.05, 0.1) is 28.9 Å². The van der Waals surface area contributed by atoms with Crippen LogP contribution in [0.4, 0.5) is 0 Å². The summed E-state index contributed by atoms with van der Waals surface area (Å²) in [6.45, 7) is 0. The minimum atomic E-state index is -0.0185. The first kappa shape index (κ1) is 17.7. The molecule has 4 aliphatic rings. The summed E-state index contributed by atoms with van der Waals surface area (Å²) in [5.74, 6) is 0. The zero-order chi connectivity index (χ0) is 16.8. The average molecular weight is 500 g/mol. The smallest absolute Gasteiger partial charge is 0.0823 e. The number of aromatic amines is 1. The van der Waals surface area contributed by atoms with E-state index >= 15 is 0 Å². The Bertz CT molecular complexity index is 1140. The standard InChI is InChI=1S/C20H14N4S.Gd/c25-20-11-18-9-16-4-3-14(22-16)7-12-1-2-13(21-12)8-15-5-6-17(23-15)10-19(20)24-18;/h1-11,19,21,24H;. The van der Waals surface area contributed by atoms with E-state index in [1.54, 1.807) is 0 Å². The Balaban J connectivity index is 0.00000168. The molecule has 1 aromatic rings. The molecule has 128 valence electrons. The van der Waals surface area contributed by atoms with Gasteiger partial charge in [0.1, 0.15) is 0 Å². The van der Waals surface area contributed by atoms with Crippen molar-refractivity contribution < 1.29 is 39.9 Å². The van der Waals surface area contributed by atoms with Crippen LogP contribution >= 0.6 is 12.2 Å². The first-order valence-corrected chi connectivity index (χ1v) is 8.50. The molecule has 26 heavy (non-hydrogen) atoms. The van der Waals surface area contributed by atoms with Gasteiger partial charge in [0, 0.05) is 61.2 Å². The molecule has 1 aromatic heterocycles. The molecule has 0 saturated heterocycles. The molecular weight excluding hydrogens is 486 g/mol. The molecule has 5 heterocycles. The number of fused-ring (bicyclic) bond motifs is 6. The van der Waals surface area contributed by atoms with E-state index in [0.29, 0.717) is 0 Å². The third kappa shape index (κ3) is 3.55. The van der Waals surface area contributed by atoms with Crippen molar-refractivity contribution in [1.29, 1.82) is 0 Å². The summed E-state index contributed by atoms with van der Waals surface area (Å²) in [7, 11) is 0. The van der Waals surface area contributed by atoms with Crippen LogP contribution in [0.5, 0.6) is 0 Å². The summed E-state index contributed by atoms with van der Waals surface area (Å²) in [6, 6.07) is 4.07. The van der Waals surface area contributed by atoms with Crippen LogP contribution in [0.2, 0.25) is 0 Å². The van der Waals surface area contributed by atoms with Crippen molar-refractivity contribution in [2.75, 3.05) is 0 Å². The van der Waals surface area contributed by atoms with Gasteiger partial charge in [-0.3, -0.25) is 0 Å². The second-order valence-electron chi connectivity index (χ2n) is 6.18. The molecule has 0 saturated carbocycles. The van der Waals surface area contributed by atoms with Crippen LogP contribution in [-0.4, -0.2) is 27.3 Å². The van der Waals surface area contributed by atoms with E-state index in [4.69, 9.17) is 12.2 Å². The van der Waals surface area contributed by atoms with Crippen molar-refractivity contribution in [2.45, 2.75) is 6.04 Å². The summed E-state index contributed by atoms with van der Waals surface area (Å²) in [6.07, 6.45) is 18.2. The van der Waals surface area contributed by atoms with Gasteiger partial charge in [-0.15, -0.1) is 0 Å². The number of aliphatic imine (C=N–C) groups is 2. The first-order chi connectivity index (χ1) is 12.2.